The molecule has 7 heteroatoms. The van der Waals surface area contributed by atoms with Gasteiger partial charge in [-0.05, 0) is 30.7 Å². The molecule has 1 amide bonds. The first-order chi connectivity index (χ1) is 10.2. The van der Waals surface area contributed by atoms with Crippen LogP contribution in [-0.4, -0.2) is 24.0 Å². The van der Waals surface area contributed by atoms with E-state index in [0.29, 0.717) is 20.8 Å². The zero-order valence-corrected chi connectivity index (χ0v) is 13.6. The van der Waals surface area contributed by atoms with E-state index in [-0.39, 0.29) is 5.91 Å². The Hall–Kier alpha value is -1.14. The molecule has 2 N–H and O–H groups in total. The van der Waals surface area contributed by atoms with Crippen LogP contribution in [0, 0.1) is 0 Å². The number of rotatable bonds is 7. The molecule has 2 aromatic heterocycles. The molecule has 2 aromatic rings. The van der Waals surface area contributed by atoms with Crippen molar-refractivity contribution >= 4 is 40.4 Å². The molecule has 2 heterocycles. The van der Waals surface area contributed by atoms with E-state index in [4.69, 9.17) is 23.2 Å². The van der Waals surface area contributed by atoms with Crippen LogP contribution in [0.5, 0.6) is 0 Å². The average Bonchev–Trinajstić information content (AvgIpc) is 2.82. The van der Waals surface area contributed by atoms with Gasteiger partial charge in [0.1, 0.15) is 4.34 Å². The number of nitrogens with zero attached hydrogens (tertiary/aromatic N) is 1. The van der Waals surface area contributed by atoms with Crippen LogP contribution in [0.2, 0.25) is 8.67 Å². The molecule has 2 rings (SSSR count). The van der Waals surface area contributed by atoms with Crippen molar-refractivity contribution in [2.24, 2.45) is 0 Å². The third kappa shape index (κ3) is 5.28. The molecule has 112 valence electrons. The first kappa shape index (κ1) is 16.2. The molecular weight excluding hydrogens is 329 g/mol. The lowest BCUT2D eigenvalue weighted by atomic mass is 10.3. The topological polar surface area (TPSA) is 54.0 Å². The fourth-order valence-corrected chi connectivity index (χ4v) is 3.20. The van der Waals surface area contributed by atoms with E-state index in [1.807, 2.05) is 18.3 Å². The van der Waals surface area contributed by atoms with E-state index in [1.54, 1.807) is 12.3 Å². The lowest BCUT2D eigenvalue weighted by Gasteiger charge is -2.06. The van der Waals surface area contributed by atoms with Crippen LogP contribution in [0.25, 0.3) is 0 Å². The molecule has 0 aliphatic carbocycles. The summed E-state index contributed by atoms with van der Waals surface area (Å²) in [6, 6.07) is 5.52. The Balaban J connectivity index is 1.62. The SMILES string of the molecule is O=C(NCCCNCc1cccnc1)c1cc(Cl)sc1Cl. The lowest BCUT2D eigenvalue weighted by Crippen LogP contribution is -2.27. The Morgan fingerprint density at radius 1 is 1.33 bits per heavy atom. The Labute approximate surface area is 137 Å². The fraction of sp³-hybridized carbons (Fsp3) is 0.286. The molecule has 0 saturated carbocycles. The molecule has 0 aromatic carbocycles. The lowest BCUT2D eigenvalue weighted by molar-refractivity contribution is 0.0954. The summed E-state index contributed by atoms with van der Waals surface area (Å²) in [6.45, 7) is 2.17. The standard InChI is InChI=1S/C14H15Cl2N3OS/c15-12-7-11(13(16)21-12)14(20)19-6-2-5-18-9-10-3-1-4-17-8-10/h1,3-4,7-8,18H,2,5-6,9H2,(H,19,20). The Morgan fingerprint density at radius 3 is 2.86 bits per heavy atom. The number of hydrogen-bond acceptors (Lipinski definition) is 4. The van der Waals surface area contributed by atoms with E-state index < -0.39 is 0 Å². The van der Waals surface area contributed by atoms with Crippen LogP contribution < -0.4 is 10.6 Å². The second-order valence-corrected chi connectivity index (χ2v) is 6.67. The molecule has 0 bridgehead atoms. The molecule has 0 atom stereocenters. The number of aromatic nitrogens is 1. The minimum absolute atomic E-state index is 0.185. The van der Waals surface area contributed by atoms with Gasteiger partial charge in [0.15, 0.2) is 0 Å². The minimum Gasteiger partial charge on any atom is -0.352 e. The largest absolute Gasteiger partial charge is 0.352 e. The summed E-state index contributed by atoms with van der Waals surface area (Å²) >= 11 is 12.9. The van der Waals surface area contributed by atoms with Gasteiger partial charge < -0.3 is 10.6 Å². The summed E-state index contributed by atoms with van der Waals surface area (Å²) in [5, 5.41) is 6.12. The quantitative estimate of drug-likeness (QED) is 0.758. The summed E-state index contributed by atoms with van der Waals surface area (Å²) in [4.78, 5) is 15.9. The van der Waals surface area contributed by atoms with Gasteiger partial charge in [-0.1, -0.05) is 29.3 Å². The van der Waals surface area contributed by atoms with Crippen molar-refractivity contribution < 1.29 is 4.79 Å². The molecule has 0 unspecified atom stereocenters. The average molecular weight is 344 g/mol. The minimum atomic E-state index is -0.185. The van der Waals surface area contributed by atoms with Crippen molar-refractivity contribution in [2.75, 3.05) is 13.1 Å². The smallest absolute Gasteiger partial charge is 0.253 e. The maximum absolute atomic E-state index is 11.9. The number of pyridine rings is 1. The monoisotopic (exact) mass is 343 g/mol. The van der Waals surface area contributed by atoms with Crippen molar-refractivity contribution in [3.05, 3.63) is 50.4 Å². The molecular formula is C14H15Cl2N3OS. The predicted molar refractivity (Wildman–Crippen MR) is 87.2 cm³/mol. The summed E-state index contributed by atoms with van der Waals surface area (Å²) in [6.07, 6.45) is 4.42. The number of amides is 1. The number of thiophene rings is 1. The molecule has 4 nitrogen and oxygen atoms in total. The van der Waals surface area contributed by atoms with Crippen molar-refractivity contribution in [1.82, 2.24) is 15.6 Å². The molecule has 21 heavy (non-hydrogen) atoms. The number of carbonyl (C=O) groups excluding carboxylic acids is 1. The fourth-order valence-electron chi connectivity index (χ4n) is 1.74. The Kier molecular flexibility index (Phi) is 6.45. The van der Waals surface area contributed by atoms with Crippen LogP contribution in [0.1, 0.15) is 22.3 Å². The molecule has 0 spiro atoms. The number of nitrogens with one attached hydrogen (secondary N) is 2. The highest BCUT2D eigenvalue weighted by molar-refractivity contribution is 7.20. The van der Waals surface area contributed by atoms with Gasteiger partial charge in [0, 0.05) is 25.5 Å². The second kappa shape index (κ2) is 8.34. The van der Waals surface area contributed by atoms with E-state index in [1.165, 1.54) is 11.3 Å². The van der Waals surface area contributed by atoms with Crippen molar-refractivity contribution in [1.29, 1.82) is 0 Å². The van der Waals surface area contributed by atoms with Crippen molar-refractivity contribution in [2.45, 2.75) is 13.0 Å². The van der Waals surface area contributed by atoms with Crippen LogP contribution in [0.4, 0.5) is 0 Å². The van der Waals surface area contributed by atoms with Crippen LogP contribution in [-0.2, 0) is 6.54 Å². The summed E-state index contributed by atoms with van der Waals surface area (Å²) in [5.41, 5.74) is 1.58. The van der Waals surface area contributed by atoms with Gasteiger partial charge in [-0.2, -0.15) is 0 Å². The van der Waals surface area contributed by atoms with Gasteiger partial charge in [0.05, 0.1) is 9.90 Å². The third-order valence-corrected chi connectivity index (χ3v) is 4.26. The van der Waals surface area contributed by atoms with Crippen LogP contribution >= 0.6 is 34.5 Å². The zero-order chi connectivity index (χ0) is 15.1. The highest BCUT2D eigenvalue weighted by Crippen LogP contribution is 2.30. The molecule has 0 saturated heterocycles. The third-order valence-electron chi connectivity index (χ3n) is 2.77. The predicted octanol–water partition coefficient (Wildman–Crippen LogP) is 3.36. The Morgan fingerprint density at radius 2 is 2.19 bits per heavy atom. The zero-order valence-electron chi connectivity index (χ0n) is 11.2. The molecule has 0 radical (unpaired) electrons. The van der Waals surface area contributed by atoms with E-state index in [9.17, 15) is 4.79 Å². The van der Waals surface area contributed by atoms with Gasteiger partial charge in [-0.3, -0.25) is 9.78 Å². The molecule has 0 fully saturated rings. The van der Waals surface area contributed by atoms with Gasteiger partial charge in [-0.25, -0.2) is 0 Å². The number of carbonyl (C=O) groups is 1. The van der Waals surface area contributed by atoms with Crippen molar-refractivity contribution in [3.8, 4) is 0 Å². The van der Waals surface area contributed by atoms with Gasteiger partial charge >= 0.3 is 0 Å². The van der Waals surface area contributed by atoms with Crippen LogP contribution in [0.15, 0.2) is 30.6 Å². The summed E-state index contributed by atoms with van der Waals surface area (Å²) < 4.78 is 0.940. The van der Waals surface area contributed by atoms with Crippen LogP contribution in [0.3, 0.4) is 0 Å². The van der Waals surface area contributed by atoms with Crippen molar-refractivity contribution in [3.63, 3.8) is 0 Å². The maximum Gasteiger partial charge on any atom is 0.253 e. The van der Waals surface area contributed by atoms with E-state index in [0.717, 1.165) is 25.1 Å². The number of halogens is 2. The van der Waals surface area contributed by atoms with E-state index in [2.05, 4.69) is 15.6 Å². The first-order valence-corrected chi connectivity index (χ1v) is 8.06. The highest BCUT2D eigenvalue weighted by atomic mass is 35.5. The first-order valence-electron chi connectivity index (χ1n) is 6.49. The summed E-state index contributed by atoms with van der Waals surface area (Å²) in [7, 11) is 0. The van der Waals surface area contributed by atoms with Gasteiger partial charge in [0.25, 0.3) is 5.91 Å². The summed E-state index contributed by atoms with van der Waals surface area (Å²) in [5.74, 6) is -0.185. The van der Waals surface area contributed by atoms with Gasteiger partial charge in [-0.15, -0.1) is 11.3 Å². The van der Waals surface area contributed by atoms with E-state index >= 15 is 0 Å². The number of hydrogen-bond donors (Lipinski definition) is 2. The second-order valence-electron chi connectivity index (χ2n) is 4.39. The van der Waals surface area contributed by atoms with Gasteiger partial charge in [0.2, 0.25) is 0 Å². The normalized spacial score (nSPS) is 10.6. The molecule has 0 aliphatic rings. The Bertz CT molecular complexity index is 589. The molecule has 0 aliphatic heterocycles. The highest BCUT2D eigenvalue weighted by Gasteiger charge is 2.13. The maximum atomic E-state index is 11.9.